The van der Waals surface area contributed by atoms with Gasteiger partial charge in [0.05, 0.1) is 18.1 Å². The lowest BCUT2D eigenvalue weighted by atomic mass is 9.83. The second kappa shape index (κ2) is 8.62. The maximum Gasteiger partial charge on any atom is 0.356 e. The van der Waals surface area contributed by atoms with Gasteiger partial charge in [0.2, 0.25) is 11.8 Å². The Morgan fingerprint density at radius 1 is 1.39 bits per heavy atom. The van der Waals surface area contributed by atoms with E-state index in [0.717, 1.165) is 5.56 Å². The third kappa shape index (κ3) is 4.13. The predicted molar refractivity (Wildman–Crippen MR) is 104 cm³/mol. The second-order valence-electron chi connectivity index (χ2n) is 6.70. The molecule has 0 bridgehead atoms. The first-order valence-electron chi connectivity index (χ1n) is 8.94. The zero-order chi connectivity index (χ0) is 20.3. The van der Waals surface area contributed by atoms with E-state index in [0.29, 0.717) is 11.3 Å². The van der Waals surface area contributed by atoms with Crippen molar-refractivity contribution in [3.8, 4) is 0 Å². The topological polar surface area (TPSA) is 95.9 Å². The number of ether oxygens (including phenoxy) is 1. The minimum atomic E-state index is -0.783. The first-order valence-corrected chi connectivity index (χ1v) is 9.82. The van der Waals surface area contributed by atoms with E-state index in [2.05, 4.69) is 5.32 Å². The van der Waals surface area contributed by atoms with E-state index in [-0.39, 0.29) is 30.2 Å². The van der Waals surface area contributed by atoms with Crippen LogP contribution in [0.15, 0.2) is 52.5 Å². The van der Waals surface area contributed by atoms with Crippen molar-refractivity contribution in [2.75, 3.05) is 0 Å². The molecule has 1 saturated heterocycles. The Bertz CT molecular complexity index is 834. The summed E-state index contributed by atoms with van der Waals surface area (Å²) < 4.78 is 5.42. The lowest BCUT2D eigenvalue weighted by Crippen LogP contribution is -2.61. The van der Waals surface area contributed by atoms with E-state index < -0.39 is 18.0 Å². The van der Waals surface area contributed by atoms with Gasteiger partial charge in [0.25, 0.3) is 0 Å². The van der Waals surface area contributed by atoms with E-state index in [9.17, 15) is 19.5 Å². The summed E-state index contributed by atoms with van der Waals surface area (Å²) >= 11 is 1.26. The summed E-state index contributed by atoms with van der Waals surface area (Å²) in [6, 6.07) is 9.04. The van der Waals surface area contributed by atoms with Crippen molar-refractivity contribution in [3.05, 3.63) is 58.1 Å². The number of esters is 1. The Labute approximate surface area is 167 Å². The molecule has 0 saturated carbocycles. The van der Waals surface area contributed by atoms with Gasteiger partial charge in [-0.15, -0.1) is 0 Å². The first-order chi connectivity index (χ1) is 13.4. The van der Waals surface area contributed by atoms with Crippen molar-refractivity contribution in [1.82, 2.24) is 10.2 Å². The average Bonchev–Trinajstić information content (AvgIpc) is 2.98. The smallest absolute Gasteiger partial charge is 0.356 e. The van der Waals surface area contributed by atoms with E-state index in [1.54, 1.807) is 12.3 Å². The third-order valence-corrected chi connectivity index (χ3v) is 5.58. The van der Waals surface area contributed by atoms with Crippen LogP contribution in [0.5, 0.6) is 0 Å². The lowest BCUT2D eigenvalue weighted by Gasteiger charge is -2.44. The highest BCUT2D eigenvalue weighted by Crippen LogP contribution is 2.47. The van der Waals surface area contributed by atoms with Crippen molar-refractivity contribution in [1.29, 1.82) is 0 Å². The first kappa shape index (κ1) is 20.2. The van der Waals surface area contributed by atoms with Crippen molar-refractivity contribution in [2.45, 2.75) is 39.0 Å². The number of thioether (sulfide) groups is 1. The van der Waals surface area contributed by atoms with Crippen LogP contribution < -0.4 is 5.32 Å². The maximum atomic E-state index is 12.7. The SMILES string of the molecule is CC(=O)NC=CSC1=C(C(=O)OCc2ccccc2)N2C(=O)[C@H]([C@H](C)O)[C@H]2C1. The summed E-state index contributed by atoms with van der Waals surface area (Å²) in [5.41, 5.74) is 1.07. The van der Waals surface area contributed by atoms with Crippen LogP contribution in [0, 0.1) is 5.92 Å². The Morgan fingerprint density at radius 2 is 2.11 bits per heavy atom. The minimum Gasteiger partial charge on any atom is -0.456 e. The molecule has 28 heavy (non-hydrogen) atoms. The summed E-state index contributed by atoms with van der Waals surface area (Å²) in [7, 11) is 0. The summed E-state index contributed by atoms with van der Waals surface area (Å²) in [6.45, 7) is 3.08. The molecule has 0 aromatic heterocycles. The normalized spacial score (nSPS) is 22.1. The Balaban J connectivity index is 1.76. The molecule has 2 amide bonds. The van der Waals surface area contributed by atoms with Crippen LogP contribution in [0.4, 0.5) is 0 Å². The highest BCUT2D eigenvalue weighted by molar-refractivity contribution is 8.05. The number of nitrogens with one attached hydrogen (secondary N) is 1. The van der Waals surface area contributed by atoms with Crippen LogP contribution in [0.25, 0.3) is 0 Å². The Kier molecular flexibility index (Phi) is 6.21. The molecule has 2 N–H and O–H groups in total. The van der Waals surface area contributed by atoms with Gasteiger partial charge in [-0.05, 0) is 17.9 Å². The molecular weight excluding hydrogens is 380 g/mol. The summed E-state index contributed by atoms with van der Waals surface area (Å²) in [5, 5.41) is 14.1. The number of β-lactam (4-membered cyclic amide) rings is 1. The number of aliphatic hydroxyl groups is 1. The largest absolute Gasteiger partial charge is 0.456 e. The molecule has 0 aliphatic carbocycles. The second-order valence-corrected chi connectivity index (χ2v) is 7.70. The zero-order valence-corrected chi connectivity index (χ0v) is 16.4. The fourth-order valence-electron chi connectivity index (χ4n) is 3.39. The van der Waals surface area contributed by atoms with Crippen LogP contribution in [-0.2, 0) is 25.7 Å². The molecule has 0 radical (unpaired) electrons. The van der Waals surface area contributed by atoms with E-state index in [1.165, 1.54) is 29.8 Å². The van der Waals surface area contributed by atoms with Gasteiger partial charge in [-0.3, -0.25) is 9.59 Å². The molecule has 1 aromatic rings. The number of amides is 2. The van der Waals surface area contributed by atoms with Gasteiger partial charge in [-0.1, -0.05) is 42.1 Å². The molecule has 3 atom stereocenters. The van der Waals surface area contributed by atoms with E-state index >= 15 is 0 Å². The number of nitrogens with zero attached hydrogens (tertiary/aromatic N) is 1. The fourth-order valence-corrected chi connectivity index (χ4v) is 4.25. The molecule has 8 heteroatoms. The summed E-state index contributed by atoms with van der Waals surface area (Å²) in [4.78, 5) is 38.3. The van der Waals surface area contributed by atoms with Crippen LogP contribution in [-0.4, -0.2) is 39.9 Å². The average molecular weight is 402 g/mol. The molecular formula is C20H22N2O5S. The predicted octanol–water partition coefficient (Wildman–Crippen LogP) is 1.89. The quantitative estimate of drug-likeness (QED) is 0.534. The van der Waals surface area contributed by atoms with Crippen molar-refractivity contribution >= 4 is 29.5 Å². The molecule has 2 heterocycles. The monoisotopic (exact) mass is 402 g/mol. The van der Waals surface area contributed by atoms with Crippen LogP contribution in [0.1, 0.15) is 25.8 Å². The van der Waals surface area contributed by atoms with E-state index in [1.807, 2.05) is 30.3 Å². The standard InChI is InChI=1S/C20H22N2O5S/c1-12(23)17-15-10-16(28-9-8-21-13(2)24)18(22(15)19(17)25)20(26)27-11-14-6-4-3-5-7-14/h3-9,12,15,17,23H,10-11H2,1-2H3,(H,21,24)/t12-,15+,17+/m0/s1. The number of hydrogen-bond donors (Lipinski definition) is 2. The van der Waals surface area contributed by atoms with Crippen molar-refractivity contribution in [2.24, 2.45) is 5.92 Å². The molecule has 148 valence electrons. The minimum absolute atomic E-state index is 0.107. The number of benzene rings is 1. The van der Waals surface area contributed by atoms with E-state index in [4.69, 9.17) is 4.74 Å². The summed E-state index contributed by atoms with van der Waals surface area (Å²) in [5.74, 6) is -1.56. The number of carbonyl (C=O) groups is 3. The molecule has 1 aromatic carbocycles. The lowest BCUT2D eigenvalue weighted by molar-refractivity contribution is -0.162. The Morgan fingerprint density at radius 3 is 2.75 bits per heavy atom. The van der Waals surface area contributed by atoms with Crippen LogP contribution in [0.3, 0.4) is 0 Å². The van der Waals surface area contributed by atoms with Gasteiger partial charge in [-0.2, -0.15) is 0 Å². The van der Waals surface area contributed by atoms with Gasteiger partial charge in [0.15, 0.2) is 0 Å². The summed E-state index contributed by atoms with van der Waals surface area (Å²) in [6.07, 6.45) is 1.16. The Hall–Kier alpha value is -2.58. The van der Waals surface area contributed by atoms with Gasteiger partial charge >= 0.3 is 5.97 Å². The third-order valence-electron chi connectivity index (χ3n) is 4.66. The number of rotatable bonds is 7. The molecule has 2 aliphatic heterocycles. The maximum absolute atomic E-state index is 12.7. The van der Waals surface area contributed by atoms with Crippen molar-refractivity contribution in [3.63, 3.8) is 0 Å². The highest BCUT2D eigenvalue weighted by atomic mass is 32.2. The van der Waals surface area contributed by atoms with Gasteiger partial charge in [-0.25, -0.2) is 4.79 Å². The number of aliphatic hydroxyl groups excluding tert-OH is 1. The zero-order valence-electron chi connectivity index (χ0n) is 15.6. The fraction of sp³-hybridized carbons (Fsp3) is 0.350. The molecule has 0 spiro atoms. The van der Waals surface area contributed by atoms with Gasteiger partial charge in [0.1, 0.15) is 12.3 Å². The number of carbonyl (C=O) groups excluding carboxylic acids is 3. The highest BCUT2D eigenvalue weighted by Gasteiger charge is 2.56. The molecule has 2 aliphatic rings. The number of hydrogen-bond acceptors (Lipinski definition) is 6. The van der Waals surface area contributed by atoms with Crippen LogP contribution >= 0.6 is 11.8 Å². The molecule has 0 unspecified atom stereocenters. The van der Waals surface area contributed by atoms with Crippen LogP contribution in [0.2, 0.25) is 0 Å². The molecule has 7 nitrogen and oxygen atoms in total. The van der Waals surface area contributed by atoms with Gasteiger partial charge in [0, 0.05) is 24.4 Å². The van der Waals surface area contributed by atoms with Gasteiger partial charge < -0.3 is 20.1 Å². The molecule has 1 fully saturated rings. The molecule has 3 rings (SSSR count). The number of fused-ring (bicyclic) bond motifs is 1. The van der Waals surface area contributed by atoms with Crippen molar-refractivity contribution < 1.29 is 24.2 Å².